The molecule has 0 aliphatic rings. The minimum Gasteiger partial charge on any atom is -0.497 e. The first kappa shape index (κ1) is 27.7. The maximum absolute atomic E-state index is 12.9. The lowest BCUT2D eigenvalue weighted by Crippen LogP contribution is -2.33. The minimum atomic E-state index is -0.506. The number of benzene rings is 2. The molecular weight excluding hydrogens is 496 g/mol. The van der Waals surface area contributed by atoms with Crippen molar-refractivity contribution < 1.29 is 19.2 Å². The number of anilines is 1. The topological polar surface area (TPSA) is 141 Å². The summed E-state index contributed by atoms with van der Waals surface area (Å²) in [5.41, 5.74) is 1.51. The van der Waals surface area contributed by atoms with Gasteiger partial charge in [-0.3, -0.25) is 19.7 Å². The van der Waals surface area contributed by atoms with Crippen molar-refractivity contribution in [2.75, 3.05) is 18.2 Å². The van der Waals surface area contributed by atoms with Crippen LogP contribution in [-0.4, -0.2) is 44.4 Å². The number of ether oxygens (including phenoxy) is 1. The van der Waals surface area contributed by atoms with Crippen LogP contribution in [0.4, 0.5) is 11.4 Å². The Kier molecular flexibility index (Phi) is 9.23. The number of rotatable bonds is 11. The highest BCUT2D eigenvalue weighted by atomic mass is 32.2. The molecule has 2 amide bonds. The molecule has 0 radical (unpaired) electrons. The van der Waals surface area contributed by atoms with E-state index in [0.717, 1.165) is 5.56 Å². The number of hydrogen-bond acceptors (Lipinski definition) is 8. The Bertz CT molecular complexity index is 1280. The molecule has 11 nitrogen and oxygen atoms in total. The summed E-state index contributed by atoms with van der Waals surface area (Å²) in [6.45, 7) is 8.20. The number of amides is 2. The molecule has 0 fully saturated rings. The van der Waals surface area contributed by atoms with Gasteiger partial charge in [0.1, 0.15) is 5.75 Å². The van der Waals surface area contributed by atoms with Crippen molar-refractivity contribution in [2.45, 2.75) is 45.4 Å². The fourth-order valence-corrected chi connectivity index (χ4v) is 4.41. The van der Waals surface area contributed by atoms with Gasteiger partial charge in [0.2, 0.25) is 5.91 Å². The number of aromatic nitrogens is 3. The average Bonchev–Trinajstić information content (AvgIpc) is 3.29. The van der Waals surface area contributed by atoms with Crippen LogP contribution in [0.5, 0.6) is 5.75 Å². The van der Waals surface area contributed by atoms with Gasteiger partial charge < -0.3 is 19.9 Å². The Labute approximate surface area is 219 Å². The Morgan fingerprint density at radius 3 is 2.46 bits per heavy atom. The molecule has 12 heteroatoms. The van der Waals surface area contributed by atoms with E-state index in [-0.39, 0.29) is 29.2 Å². The molecule has 3 aromatic rings. The zero-order valence-electron chi connectivity index (χ0n) is 21.3. The standard InChI is InChI=1S/C25H30N6O5S/c1-6-30-23(22(15(2)3)27-24(33)17-8-11-19(36-5)12-9-17)28-29-25(30)37-14-21(32)26-20-13-18(31(34)35)10-7-16(20)4/h7-13,15,22H,6,14H2,1-5H3,(H,26,32)(H,27,33)/t22-/m1/s1. The quantitative estimate of drug-likeness (QED) is 0.213. The Hall–Kier alpha value is -3.93. The van der Waals surface area contributed by atoms with Crippen molar-refractivity contribution in [3.05, 3.63) is 69.5 Å². The Morgan fingerprint density at radius 2 is 1.86 bits per heavy atom. The molecule has 1 aromatic heterocycles. The molecule has 0 saturated heterocycles. The summed E-state index contributed by atoms with van der Waals surface area (Å²) < 4.78 is 7.02. The lowest BCUT2D eigenvalue weighted by molar-refractivity contribution is -0.384. The molecule has 0 unspecified atom stereocenters. The summed E-state index contributed by atoms with van der Waals surface area (Å²) in [5.74, 6) is 0.743. The van der Waals surface area contributed by atoms with E-state index in [1.54, 1.807) is 44.4 Å². The van der Waals surface area contributed by atoms with Gasteiger partial charge in [0.15, 0.2) is 11.0 Å². The molecule has 0 aliphatic carbocycles. The van der Waals surface area contributed by atoms with E-state index in [0.29, 0.717) is 34.5 Å². The number of nitrogens with zero attached hydrogens (tertiary/aromatic N) is 4. The van der Waals surface area contributed by atoms with Crippen molar-refractivity contribution in [3.8, 4) is 5.75 Å². The lowest BCUT2D eigenvalue weighted by atomic mass is 10.0. The molecule has 0 spiro atoms. The van der Waals surface area contributed by atoms with Gasteiger partial charge in [-0.2, -0.15) is 0 Å². The molecule has 0 aliphatic heterocycles. The average molecular weight is 527 g/mol. The summed E-state index contributed by atoms with van der Waals surface area (Å²) in [5, 5.41) is 26.0. The van der Waals surface area contributed by atoms with E-state index >= 15 is 0 Å². The molecule has 2 N–H and O–H groups in total. The number of non-ortho nitro benzene ring substituents is 1. The third-order valence-electron chi connectivity index (χ3n) is 5.68. The highest BCUT2D eigenvalue weighted by Crippen LogP contribution is 2.27. The number of nitro groups is 1. The van der Waals surface area contributed by atoms with Crippen LogP contribution in [0, 0.1) is 23.0 Å². The number of thioether (sulfide) groups is 1. The van der Waals surface area contributed by atoms with Crippen LogP contribution in [0.3, 0.4) is 0 Å². The molecule has 3 rings (SSSR count). The normalized spacial score (nSPS) is 11.7. The summed E-state index contributed by atoms with van der Waals surface area (Å²) in [7, 11) is 1.56. The third kappa shape index (κ3) is 6.85. The van der Waals surface area contributed by atoms with E-state index < -0.39 is 11.0 Å². The smallest absolute Gasteiger partial charge is 0.271 e. The van der Waals surface area contributed by atoms with Crippen molar-refractivity contribution in [2.24, 2.45) is 5.92 Å². The van der Waals surface area contributed by atoms with Gasteiger partial charge in [0, 0.05) is 24.2 Å². The van der Waals surface area contributed by atoms with Gasteiger partial charge in [-0.25, -0.2) is 0 Å². The van der Waals surface area contributed by atoms with E-state index in [9.17, 15) is 19.7 Å². The fraction of sp³-hybridized carbons (Fsp3) is 0.360. The zero-order chi connectivity index (χ0) is 27.1. The molecule has 196 valence electrons. The third-order valence-corrected chi connectivity index (χ3v) is 6.65. The van der Waals surface area contributed by atoms with Crippen LogP contribution in [0.25, 0.3) is 0 Å². The first-order valence-corrected chi connectivity index (χ1v) is 12.7. The van der Waals surface area contributed by atoms with Gasteiger partial charge in [0.05, 0.1) is 29.5 Å². The SMILES string of the molecule is CCn1c(SCC(=O)Nc2cc([N+](=O)[O-])ccc2C)nnc1[C@H](NC(=O)c1ccc(OC)cc1)C(C)C. The van der Waals surface area contributed by atoms with E-state index in [2.05, 4.69) is 20.8 Å². The highest BCUT2D eigenvalue weighted by Gasteiger charge is 2.26. The largest absolute Gasteiger partial charge is 0.497 e. The van der Waals surface area contributed by atoms with Crippen LogP contribution in [0.1, 0.15) is 48.6 Å². The second kappa shape index (κ2) is 12.3. The fourth-order valence-electron chi connectivity index (χ4n) is 3.61. The molecule has 1 atom stereocenters. The monoisotopic (exact) mass is 526 g/mol. The number of aryl methyl sites for hydroxylation is 1. The zero-order valence-corrected chi connectivity index (χ0v) is 22.2. The predicted molar refractivity (Wildman–Crippen MR) is 141 cm³/mol. The van der Waals surface area contributed by atoms with Crippen LogP contribution < -0.4 is 15.4 Å². The number of carbonyl (C=O) groups excluding carboxylic acids is 2. The highest BCUT2D eigenvalue weighted by molar-refractivity contribution is 7.99. The van der Waals surface area contributed by atoms with Gasteiger partial charge >= 0.3 is 0 Å². The molecule has 1 heterocycles. The number of nitro benzene ring substituents is 1. The second-order valence-electron chi connectivity index (χ2n) is 8.60. The predicted octanol–water partition coefficient (Wildman–Crippen LogP) is 4.38. The van der Waals surface area contributed by atoms with Crippen LogP contribution in [0.15, 0.2) is 47.6 Å². The van der Waals surface area contributed by atoms with Gasteiger partial charge in [-0.1, -0.05) is 31.7 Å². The lowest BCUT2D eigenvalue weighted by Gasteiger charge is -2.22. The minimum absolute atomic E-state index is 0.0229. The number of methoxy groups -OCH3 is 1. The molecule has 0 saturated carbocycles. The maximum atomic E-state index is 12.9. The molecule has 0 bridgehead atoms. The van der Waals surface area contributed by atoms with Gasteiger partial charge in [0.25, 0.3) is 11.6 Å². The number of hydrogen-bond donors (Lipinski definition) is 2. The molecule has 2 aromatic carbocycles. The van der Waals surface area contributed by atoms with Crippen molar-refractivity contribution in [3.63, 3.8) is 0 Å². The Balaban J connectivity index is 1.71. The van der Waals surface area contributed by atoms with Crippen LogP contribution >= 0.6 is 11.8 Å². The molecule has 37 heavy (non-hydrogen) atoms. The maximum Gasteiger partial charge on any atom is 0.271 e. The van der Waals surface area contributed by atoms with Crippen molar-refractivity contribution in [1.82, 2.24) is 20.1 Å². The Morgan fingerprint density at radius 1 is 1.16 bits per heavy atom. The first-order valence-electron chi connectivity index (χ1n) is 11.7. The van der Waals surface area contributed by atoms with Crippen molar-refractivity contribution in [1.29, 1.82) is 0 Å². The van der Waals surface area contributed by atoms with Gasteiger partial charge in [-0.05, 0) is 49.6 Å². The molecular formula is C25H30N6O5S. The van der Waals surface area contributed by atoms with Crippen LogP contribution in [-0.2, 0) is 11.3 Å². The number of carbonyl (C=O) groups is 2. The first-order chi connectivity index (χ1) is 17.6. The summed E-state index contributed by atoms with van der Waals surface area (Å²) in [4.78, 5) is 36.0. The summed E-state index contributed by atoms with van der Waals surface area (Å²) >= 11 is 1.20. The van der Waals surface area contributed by atoms with Crippen molar-refractivity contribution >= 4 is 35.0 Å². The van der Waals surface area contributed by atoms with E-state index in [1.165, 1.54) is 23.9 Å². The van der Waals surface area contributed by atoms with Gasteiger partial charge in [-0.15, -0.1) is 10.2 Å². The summed E-state index contributed by atoms with van der Waals surface area (Å²) in [6, 6.07) is 10.8. The number of nitrogens with one attached hydrogen (secondary N) is 2. The second-order valence-corrected chi connectivity index (χ2v) is 9.54. The van der Waals surface area contributed by atoms with E-state index in [4.69, 9.17) is 4.74 Å². The summed E-state index contributed by atoms with van der Waals surface area (Å²) in [6.07, 6.45) is 0. The van der Waals surface area contributed by atoms with E-state index in [1.807, 2.05) is 25.3 Å². The van der Waals surface area contributed by atoms with Crippen LogP contribution in [0.2, 0.25) is 0 Å².